The molecule has 1 amide bonds. The molecule has 3 nitrogen and oxygen atoms in total. The smallest absolute Gasteiger partial charge is 0.223 e. The number of nitrogens with one attached hydrogen (secondary N) is 1. The van der Waals surface area contributed by atoms with E-state index < -0.39 is 0 Å². The molecule has 0 heterocycles. The van der Waals surface area contributed by atoms with Crippen LogP contribution in [0.2, 0.25) is 0 Å². The molecule has 11 heavy (non-hydrogen) atoms. The molecule has 0 bridgehead atoms. The van der Waals surface area contributed by atoms with Crippen LogP contribution < -0.4 is 11.1 Å². The Balaban J connectivity index is 2.23. The van der Waals surface area contributed by atoms with Gasteiger partial charge in [0.1, 0.15) is 0 Å². The van der Waals surface area contributed by atoms with Crippen molar-refractivity contribution in [1.82, 2.24) is 5.32 Å². The van der Waals surface area contributed by atoms with Gasteiger partial charge in [-0.1, -0.05) is 0 Å². The van der Waals surface area contributed by atoms with Crippen LogP contribution in [0.4, 0.5) is 0 Å². The van der Waals surface area contributed by atoms with Gasteiger partial charge in [-0.3, -0.25) is 4.79 Å². The van der Waals surface area contributed by atoms with Gasteiger partial charge < -0.3 is 11.1 Å². The van der Waals surface area contributed by atoms with Crippen molar-refractivity contribution in [3.63, 3.8) is 0 Å². The Hall–Kier alpha value is -0.570. The lowest BCUT2D eigenvalue weighted by atomic mass is 10.2. The molecule has 0 spiro atoms. The number of hydrogen-bond acceptors (Lipinski definition) is 2. The van der Waals surface area contributed by atoms with E-state index in [1.165, 1.54) is 0 Å². The van der Waals surface area contributed by atoms with Crippen LogP contribution in [-0.4, -0.2) is 18.0 Å². The predicted octanol–water partition coefficient (Wildman–Crippen LogP) is 0.248. The molecule has 0 saturated heterocycles. The molecular weight excluding hydrogens is 140 g/mol. The molecule has 0 aromatic carbocycles. The fraction of sp³-hybridized carbons (Fsp3) is 0.875. The van der Waals surface area contributed by atoms with E-state index in [9.17, 15) is 4.79 Å². The highest BCUT2D eigenvalue weighted by Gasteiger charge is 2.30. The number of carbonyl (C=O) groups excluding carboxylic acids is 1. The van der Waals surface area contributed by atoms with E-state index in [1.807, 2.05) is 13.8 Å². The Kier molecular flexibility index (Phi) is 2.49. The quantitative estimate of drug-likeness (QED) is 0.615. The van der Waals surface area contributed by atoms with Gasteiger partial charge in [0, 0.05) is 18.0 Å². The second-order valence-electron chi connectivity index (χ2n) is 3.43. The van der Waals surface area contributed by atoms with Gasteiger partial charge in [0.25, 0.3) is 0 Å². The highest BCUT2D eigenvalue weighted by molar-refractivity contribution is 5.81. The Morgan fingerprint density at radius 1 is 1.55 bits per heavy atom. The summed E-state index contributed by atoms with van der Waals surface area (Å²) in [6.07, 6.45) is 2.11. The molecule has 0 aliphatic heterocycles. The van der Waals surface area contributed by atoms with Crippen LogP contribution in [0.1, 0.15) is 26.7 Å². The van der Waals surface area contributed by atoms with Crippen molar-refractivity contribution in [3.05, 3.63) is 0 Å². The third-order valence-electron chi connectivity index (χ3n) is 2.11. The fourth-order valence-electron chi connectivity index (χ4n) is 0.819. The van der Waals surface area contributed by atoms with E-state index >= 15 is 0 Å². The Bertz CT molecular complexity index is 152. The Labute approximate surface area is 67.3 Å². The average molecular weight is 156 g/mol. The van der Waals surface area contributed by atoms with E-state index in [0.717, 1.165) is 12.8 Å². The predicted molar refractivity (Wildman–Crippen MR) is 44.0 cm³/mol. The first-order valence-electron chi connectivity index (χ1n) is 4.17. The van der Waals surface area contributed by atoms with Crippen LogP contribution in [0.5, 0.6) is 0 Å². The lowest BCUT2D eigenvalue weighted by molar-refractivity contribution is -0.123. The molecule has 0 aromatic rings. The summed E-state index contributed by atoms with van der Waals surface area (Å²) in [4.78, 5) is 11.2. The molecule has 1 fully saturated rings. The number of nitrogens with two attached hydrogens (primary N) is 1. The monoisotopic (exact) mass is 156 g/mol. The fourth-order valence-corrected chi connectivity index (χ4v) is 0.819. The summed E-state index contributed by atoms with van der Waals surface area (Å²) in [5.74, 6) is 0.464. The highest BCUT2D eigenvalue weighted by atomic mass is 16.2. The summed E-state index contributed by atoms with van der Waals surface area (Å²) in [7, 11) is 0. The van der Waals surface area contributed by atoms with Crippen LogP contribution in [-0.2, 0) is 4.79 Å². The minimum atomic E-state index is 0.0395. The largest absolute Gasteiger partial charge is 0.352 e. The number of amides is 1. The van der Waals surface area contributed by atoms with Crippen LogP contribution in [0.25, 0.3) is 0 Å². The maximum Gasteiger partial charge on any atom is 0.223 e. The Morgan fingerprint density at radius 2 is 2.09 bits per heavy atom. The van der Waals surface area contributed by atoms with Gasteiger partial charge >= 0.3 is 0 Å². The molecule has 1 aliphatic carbocycles. The van der Waals surface area contributed by atoms with Gasteiger partial charge in [0.15, 0.2) is 0 Å². The van der Waals surface area contributed by atoms with Gasteiger partial charge in [0.2, 0.25) is 5.91 Å². The molecule has 0 aromatic heterocycles. The zero-order valence-corrected chi connectivity index (χ0v) is 7.13. The molecule has 2 atom stereocenters. The summed E-state index contributed by atoms with van der Waals surface area (Å²) >= 11 is 0. The molecule has 1 aliphatic rings. The van der Waals surface area contributed by atoms with Crippen molar-refractivity contribution in [2.24, 2.45) is 11.7 Å². The lowest BCUT2D eigenvalue weighted by Gasteiger charge is -2.16. The van der Waals surface area contributed by atoms with Crippen molar-refractivity contribution < 1.29 is 4.79 Å². The van der Waals surface area contributed by atoms with Crippen molar-refractivity contribution in [2.75, 3.05) is 0 Å². The molecule has 3 N–H and O–H groups in total. The van der Waals surface area contributed by atoms with Gasteiger partial charge in [-0.15, -0.1) is 0 Å². The molecule has 0 radical (unpaired) electrons. The standard InChI is InChI=1S/C8H16N2O/c1-5(9)6(2)10-8(11)7-3-4-7/h5-7H,3-4,9H2,1-2H3,(H,10,11). The van der Waals surface area contributed by atoms with Crippen molar-refractivity contribution in [2.45, 2.75) is 38.8 Å². The van der Waals surface area contributed by atoms with E-state index in [4.69, 9.17) is 5.73 Å². The minimum absolute atomic E-state index is 0.0395. The second kappa shape index (κ2) is 3.22. The molecule has 64 valence electrons. The summed E-state index contributed by atoms with van der Waals surface area (Å²) in [6, 6.07) is 0.140. The zero-order chi connectivity index (χ0) is 8.43. The maximum absolute atomic E-state index is 11.2. The first-order valence-corrected chi connectivity index (χ1v) is 4.17. The van der Waals surface area contributed by atoms with Crippen molar-refractivity contribution in [3.8, 4) is 0 Å². The van der Waals surface area contributed by atoms with E-state index in [-0.39, 0.29) is 23.9 Å². The van der Waals surface area contributed by atoms with Gasteiger partial charge in [-0.2, -0.15) is 0 Å². The summed E-state index contributed by atoms with van der Waals surface area (Å²) in [5.41, 5.74) is 5.59. The van der Waals surface area contributed by atoms with Gasteiger partial charge in [0.05, 0.1) is 0 Å². The molecule has 3 heteroatoms. The number of hydrogen-bond donors (Lipinski definition) is 2. The normalized spacial score (nSPS) is 22.5. The summed E-state index contributed by atoms with van der Waals surface area (Å²) in [6.45, 7) is 3.84. The highest BCUT2D eigenvalue weighted by Crippen LogP contribution is 2.28. The van der Waals surface area contributed by atoms with Gasteiger partial charge in [-0.05, 0) is 26.7 Å². The maximum atomic E-state index is 11.2. The molecule has 1 rings (SSSR count). The first kappa shape index (κ1) is 8.53. The summed E-state index contributed by atoms with van der Waals surface area (Å²) in [5, 5.41) is 2.88. The molecule has 1 saturated carbocycles. The first-order chi connectivity index (χ1) is 5.11. The number of rotatable bonds is 3. The average Bonchev–Trinajstić information content (AvgIpc) is 2.67. The van der Waals surface area contributed by atoms with Crippen molar-refractivity contribution in [1.29, 1.82) is 0 Å². The third-order valence-corrected chi connectivity index (χ3v) is 2.11. The molecule has 2 unspecified atom stereocenters. The van der Waals surface area contributed by atoms with Crippen LogP contribution >= 0.6 is 0 Å². The van der Waals surface area contributed by atoms with Crippen molar-refractivity contribution >= 4 is 5.91 Å². The minimum Gasteiger partial charge on any atom is -0.352 e. The Morgan fingerprint density at radius 3 is 2.45 bits per heavy atom. The SMILES string of the molecule is CC(N)C(C)NC(=O)C1CC1. The topological polar surface area (TPSA) is 55.1 Å². The van der Waals surface area contributed by atoms with Crippen LogP contribution in [0, 0.1) is 5.92 Å². The lowest BCUT2D eigenvalue weighted by Crippen LogP contribution is -2.44. The summed E-state index contributed by atoms with van der Waals surface area (Å²) < 4.78 is 0. The molecular formula is C8H16N2O. The van der Waals surface area contributed by atoms with Crippen LogP contribution in [0.3, 0.4) is 0 Å². The number of carbonyl (C=O) groups is 1. The second-order valence-corrected chi connectivity index (χ2v) is 3.43. The van der Waals surface area contributed by atoms with E-state index in [2.05, 4.69) is 5.32 Å². The van der Waals surface area contributed by atoms with E-state index in [1.54, 1.807) is 0 Å². The third kappa shape index (κ3) is 2.50. The zero-order valence-electron chi connectivity index (χ0n) is 7.13. The van der Waals surface area contributed by atoms with Crippen LogP contribution in [0.15, 0.2) is 0 Å². The van der Waals surface area contributed by atoms with E-state index in [0.29, 0.717) is 0 Å². The van der Waals surface area contributed by atoms with Gasteiger partial charge in [-0.25, -0.2) is 0 Å².